The first kappa shape index (κ1) is 15.1. The fourth-order valence-electron chi connectivity index (χ4n) is 3.22. The van der Waals surface area contributed by atoms with Crippen molar-refractivity contribution in [1.29, 1.82) is 0 Å². The first-order chi connectivity index (χ1) is 11.7. The highest BCUT2D eigenvalue weighted by Crippen LogP contribution is 2.34. The molecule has 2 aliphatic heterocycles. The number of benzene rings is 1. The van der Waals surface area contributed by atoms with Gasteiger partial charge in [-0.2, -0.15) is 0 Å². The summed E-state index contributed by atoms with van der Waals surface area (Å²) < 4.78 is 16.0. The molecule has 6 heteroatoms. The van der Waals surface area contributed by atoms with Gasteiger partial charge in [0.2, 0.25) is 12.6 Å². The first-order valence-corrected chi connectivity index (χ1v) is 8.35. The Bertz CT molecular complexity index is 749. The third kappa shape index (κ3) is 2.84. The monoisotopic (exact) mass is 328 g/mol. The molecule has 0 unspecified atom stereocenters. The molecule has 4 rings (SSSR count). The second kappa shape index (κ2) is 6.19. The van der Waals surface area contributed by atoms with Crippen LogP contribution in [0.1, 0.15) is 47.5 Å². The number of nitrogens with zero attached hydrogens (tertiary/aromatic N) is 2. The molecule has 1 saturated heterocycles. The molecule has 0 bridgehead atoms. The smallest absolute Gasteiger partial charge is 0.292 e. The zero-order valence-corrected chi connectivity index (χ0v) is 13.7. The lowest BCUT2D eigenvalue weighted by Crippen LogP contribution is -2.27. The summed E-state index contributed by atoms with van der Waals surface area (Å²) in [7, 11) is 0. The van der Waals surface area contributed by atoms with Gasteiger partial charge in [-0.3, -0.25) is 4.79 Å². The minimum Gasteiger partial charge on any atom is -0.454 e. The van der Waals surface area contributed by atoms with E-state index in [1.54, 1.807) is 6.07 Å². The van der Waals surface area contributed by atoms with E-state index in [2.05, 4.69) is 12.1 Å². The molecule has 0 radical (unpaired) electrons. The van der Waals surface area contributed by atoms with Crippen LogP contribution in [0.15, 0.2) is 28.8 Å². The number of carbonyl (C=O) groups excluding carboxylic acids is 1. The van der Waals surface area contributed by atoms with E-state index in [1.807, 2.05) is 23.1 Å². The average Bonchev–Trinajstić information content (AvgIpc) is 3.33. The van der Waals surface area contributed by atoms with Gasteiger partial charge in [0.05, 0.1) is 5.69 Å². The van der Waals surface area contributed by atoms with Crippen LogP contribution < -0.4 is 9.47 Å². The molecule has 1 aromatic carbocycles. The quantitative estimate of drug-likeness (QED) is 0.863. The Labute approximate surface area is 140 Å². The molecule has 0 spiro atoms. The van der Waals surface area contributed by atoms with E-state index in [9.17, 15) is 4.79 Å². The number of amides is 1. The van der Waals surface area contributed by atoms with E-state index in [4.69, 9.17) is 14.0 Å². The highest BCUT2D eigenvalue weighted by Gasteiger charge is 2.24. The average molecular weight is 328 g/mol. The molecule has 1 amide bonds. The van der Waals surface area contributed by atoms with Crippen molar-refractivity contribution < 1.29 is 18.8 Å². The standard InChI is InChI=1S/C18H20N2O4/c1-12(8-13-4-5-15-16(9-13)23-11-22-15)14-10-17(24-19-14)18(21)20-6-2-3-7-20/h4-5,9-10,12H,2-3,6-8,11H2,1H3/t12-/m1/s1. The maximum atomic E-state index is 12.3. The predicted octanol–water partition coefficient (Wildman–Crippen LogP) is 2.99. The molecule has 6 nitrogen and oxygen atoms in total. The number of fused-ring (bicyclic) bond motifs is 1. The van der Waals surface area contributed by atoms with E-state index in [1.165, 1.54) is 0 Å². The highest BCUT2D eigenvalue weighted by molar-refractivity contribution is 5.91. The topological polar surface area (TPSA) is 64.8 Å². The van der Waals surface area contributed by atoms with Crippen LogP contribution in [0.25, 0.3) is 0 Å². The lowest BCUT2D eigenvalue weighted by atomic mass is 9.97. The molecular formula is C18H20N2O4. The SMILES string of the molecule is C[C@H](Cc1ccc2c(c1)OCO2)c1cc(C(=O)N2CCCC2)on1. The van der Waals surface area contributed by atoms with E-state index in [-0.39, 0.29) is 18.6 Å². The van der Waals surface area contributed by atoms with Crippen LogP contribution >= 0.6 is 0 Å². The molecule has 1 fully saturated rings. The third-order valence-corrected chi connectivity index (χ3v) is 4.62. The zero-order valence-electron chi connectivity index (χ0n) is 13.7. The molecule has 0 N–H and O–H groups in total. The van der Waals surface area contributed by atoms with Gasteiger partial charge < -0.3 is 18.9 Å². The summed E-state index contributed by atoms with van der Waals surface area (Å²) in [5.41, 5.74) is 1.94. The van der Waals surface area contributed by atoms with Crippen LogP contribution in [0.5, 0.6) is 11.5 Å². The summed E-state index contributed by atoms with van der Waals surface area (Å²) in [6.45, 7) is 3.97. The van der Waals surface area contributed by atoms with Crippen molar-refractivity contribution in [1.82, 2.24) is 10.1 Å². The number of hydrogen-bond donors (Lipinski definition) is 0. The van der Waals surface area contributed by atoms with E-state index < -0.39 is 0 Å². The molecule has 2 aliphatic rings. The minimum absolute atomic E-state index is 0.0541. The third-order valence-electron chi connectivity index (χ3n) is 4.62. The molecule has 3 heterocycles. The van der Waals surface area contributed by atoms with Crippen LogP contribution in [0.3, 0.4) is 0 Å². The predicted molar refractivity (Wildman–Crippen MR) is 86.3 cm³/mol. The molecule has 0 saturated carbocycles. The number of aromatic nitrogens is 1. The van der Waals surface area contributed by atoms with Gasteiger partial charge in [-0.1, -0.05) is 18.1 Å². The van der Waals surface area contributed by atoms with Crippen molar-refractivity contribution in [2.24, 2.45) is 0 Å². The molecular weight excluding hydrogens is 308 g/mol. The Kier molecular flexibility index (Phi) is 3.88. The summed E-state index contributed by atoms with van der Waals surface area (Å²) in [4.78, 5) is 14.2. The van der Waals surface area contributed by atoms with E-state index in [0.717, 1.165) is 55.1 Å². The molecule has 1 aromatic heterocycles. The van der Waals surface area contributed by atoms with Crippen molar-refractivity contribution in [2.75, 3.05) is 19.9 Å². The van der Waals surface area contributed by atoms with Crippen LogP contribution in [0.4, 0.5) is 0 Å². The lowest BCUT2D eigenvalue weighted by molar-refractivity contribution is 0.0751. The second-order valence-electron chi connectivity index (χ2n) is 6.41. The van der Waals surface area contributed by atoms with Crippen LogP contribution in [0.2, 0.25) is 0 Å². The summed E-state index contributed by atoms with van der Waals surface area (Å²) in [6.07, 6.45) is 2.92. The molecule has 24 heavy (non-hydrogen) atoms. The minimum atomic E-state index is -0.0541. The van der Waals surface area contributed by atoms with E-state index >= 15 is 0 Å². The highest BCUT2D eigenvalue weighted by atomic mass is 16.7. The Balaban J connectivity index is 1.45. The second-order valence-corrected chi connectivity index (χ2v) is 6.41. The maximum Gasteiger partial charge on any atom is 0.292 e. The molecule has 2 aromatic rings. The number of hydrogen-bond acceptors (Lipinski definition) is 5. The van der Waals surface area contributed by atoms with Crippen molar-refractivity contribution in [3.63, 3.8) is 0 Å². The number of rotatable bonds is 4. The van der Waals surface area contributed by atoms with Crippen molar-refractivity contribution in [2.45, 2.75) is 32.1 Å². The van der Waals surface area contributed by atoms with Crippen molar-refractivity contribution >= 4 is 5.91 Å². The van der Waals surface area contributed by atoms with Gasteiger partial charge in [0, 0.05) is 25.1 Å². The molecule has 1 atom stereocenters. The van der Waals surface area contributed by atoms with Crippen LogP contribution in [-0.2, 0) is 6.42 Å². The normalized spacial score (nSPS) is 17.3. The van der Waals surface area contributed by atoms with Gasteiger partial charge in [-0.05, 0) is 37.0 Å². The summed E-state index contributed by atoms with van der Waals surface area (Å²) in [6, 6.07) is 7.73. The summed E-state index contributed by atoms with van der Waals surface area (Å²) >= 11 is 0. The van der Waals surface area contributed by atoms with Gasteiger partial charge in [0.25, 0.3) is 5.91 Å². The van der Waals surface area contributed by atoms with E-state index in [0.29, 0.717) is 5.76 Å². The van der Waals surface area contributed by atoms with Crippen molar-refractivity contribution in [3.05, 3.63) is 41.3 Å². The number of likely N-dealkylation sites (tertiary alicyclic amines) is 1. The lowest BCUT2D eigenvalue weighted by Gasteiger charge is -2.12. The van der Waals surface area contributed by atoms with Gasteiger partial charge in [0.1, 0.15) is 0 Å². The molecule has 126 valence electrons. The Morgan fingerprint density at radius 3 is 2.83 bits per heavy atom. The van der Waals surface area contributed by atoms with Gasteiger partial charge >= 0.3 is 0 Å². The Morgan fingerprint density at radius 1 is 1.21 bits per heavy atom. The van der Waals surface area contributed by atoms with Crippen molar-refractivity contribution in [3.8, 4) is 11.5 Å². The number of carbonyl (C=O) groups is 1. The Hall–Kier alpha value is -2.50. The molecule has 0 aliphatic carbocycles. The maximum absolute atomic E-state index is 12.3. The Morgan fingerprint density at radius 2 is 2.00 bits per heavy atom. The van der Waals surface area contributed by atoms with Crippen LogP contribution in [0, 0.1) is 0 Å². The number of ether oxygens (including phenoxy) is 2. The fourth-order valence-corrected chi connectivity index (χ4v) is 3.22. The fraction of sp³-hybridized carbons (Fsp3) is 0.444. The van der Waals surface area contributed by atoms with Gasteiger partial charge in [-0.15, -0.1) is 0 Å². The van der Waals surface area contributed by atoms with Gasteiger partial charge in [0.15, 0.2) is 11.5 Å². The van der Waals surface area contributed by atoms with Gasteiger partial charge in [-0.25, -0.2) is 0 Å². The largest absolute Gasteiger partial charge is 0.454 e. The van der Waals surface area contributed by atoms with Crippen LogP contribution in [-0.4, -0.2) is 35.8 Å². The zero-order chi connectivity index (χ0) is 16.5. The summed E-state index contributed by atoms with van der Waals surface area (Å²) in [5.74, 6) is 2.00. The summed E-state index contributed by atoms with van der Waals surface area (Å²) in [5, 5.41) is 4.10. The first-order valence-electron chi connectivity index (χ1n) is 8.35.